The number of carbonyl (C=O) groups is 2. The van der Waals surface area contributed by atoms with Crippen molar-refractivity contribution in [2.45, 2.75) is 37.4 Å². The molecule has 0 aromatic carbocycles. The van der Waals surface area contributed by atoms with Gasteiger partial charge in [-0.05, 0) is 6.08 Å². The molecule has 0 saturated heterocycles. The number of carbonyl (C=O) groups excluding carboxylic acids is 1. The smallest absolute Gasteiger partial charge is 0.370 e. The number of amides is 1. The lowest BCUT2D eigenvalue weighted by atomic mass is 9.93. The molecule has 8 N–H and O–H groups in total. The van der Waals surface area contributed by atoms with Crippen LogP contribution in [0.1, 0.15) is 6.92 Å². The van der Waals surface area contributed by atoms with Gasteiger partial charge in [0.25, 0.3) is 0 Å². The average Bonchev–Trinajstić information content (AvgIpc) is 2.45. The second kappa shape index (κ2) is 7.74. The van der Waals surface area contributed by atoms with Crippen molar-refractivity contribution < 1.29 is 34.0 Å². The molecule has 130 valence electrons. The topological polar surface area (TPSA) is 180 Å². The van der Waals surface area contributed by atoms with Gasteiger partial charge in [0.2, 0.25) is 11.7 Å². The quantitative estimate of drug-likeness (QED) is 0.222. The van der Waals surface area contributed by atoms with E-state index in [2.05, 4.69) is 10.3 Å². The number of nitrogens with zero attached hydrogens (tertiary/aromatic N) is 1. The minimum atomic E-state index is -2.20. The van der Waals surface area contributed by atoms with Gasteiger partial charge in [-0.25, -0.2) is 14.2 Å². The first kappa shape index (κ1) is 18.6. The van der Waals surface area contributed by atoms with Gasteiger partial charge in [0, 0.05) is 6.92 Å². The fourth-order valence-corrected chi connectivity index (χ4v) is 2.11. The molecule has 0 spiro atoms. The Balaban J connectivity index is 3.28. The molecule has 10 nitrogen and oxygen atoms in total. The first-order chi connectivity index (χ1) is 10.7. The summed E-state index contributed by atoms with van der Waals surface area (Å²) in [7, 11) is 0. The summed E-state index contributed by atoms with van der Waals surface area (Å²) < 4.78 is 19.3. The third-order valence-corrected chi connectivity index (χ3v) is 3.05. The fourth-order valence-electron chi connectivity index (χ4n) is 2.11. The number of aliphatic hydroxyl groups excluding tert-OH is 2. The van der Waals surface area contributed by atoms with Gasteiger partial charge < -0.3 is 36.8 Å². The average molecular weight is 334 g/mol. The van der Waals surface area contributed by atoms with E-state index in [0.717, 1.165) is 13.0 Å². The van der Waals surface area contributed by atoms with Gasteiger partial charge in [-0.1, -0.05) is 0 Å². The van der Waals surface area contributed by atoms with Crippen LogP contribution in [0.25, 0.3) is 0 Å². The molecule has 1 amide bonds. The van der Waals surface area contributed by atoms with Crippen molar-refractivity contribution in [2.24, 2.45) is 16.5 Å². The number of ether oxygens (including phenoxy) is 1. The Bertz CT molecular complexity index is 522. The number of rotatable bonds is 6. The maximum absolute atomic E-state index is 14.3. The lowest BCUT2D eigenvalue weighted by Crippen LogP contribution is -2.58. The van der Waals surface area contributed by atoms with Gasteiger partial charge in [0.1, 0.15) is 6.10 Å². The largest absolute Gasteiger partial charge is 0.478 e. The molecule has 0 radical (unpaired) electrons. The monoisotopic (exact) mass is 334 g/mol. The van der Waals surface area contributed by atoms with Crippen molar-refractivity contribution in [1.82, 2.24) is 5.32 Å². The number of aliphatic carboxylic acids is 1. The zero-order valence-corrected chi connectivity index (χ0v) is 12.2. The molecule has 0 aromatic heterocycles. The van der Waals surface area contributed by atoms with Crippen LogP contribution in [0, 0.1) is 0 Å². The van der Waals surface area contributed by atoms with Gasteiger partial charge in [-0.15, -0.1) is 0 Å². The zero-order valence-electron chi connectivity index (χ0n) is 12.2. The standard InChI is InChI=1S/C12H19FN4O6/c1-4(19)16-9-5(17-12(14)15)2-7(11(21)22)23-10(9)8(13)6(20)3-18/h2,5-6,8-10,18,20H,3H2,1H3,(H,16,19)(H,21,22)(H4,14,15,17)/t5-,6-,8+,9+,10-/m0/s1. The van der Waals surface area contributed by atoms with E-state index in [1.807, 2.05) is 0 Å². The van der Waals surface area contributed by atoms with Gasteiger partial charge in [0.05, 0.1) is 18.7 Å². The Morgan fingerprint density at radius 1 is 1.52 bits per heavy atom. The van der Waals surface area contributed by atoms with E-state index in [9.17, 15) is 19.1 Å². The third kappa shape index (κ3) is 4.79. The second-order valence-electron chi connectivity index (χ2n) is 4.88. The summed E-state index contributed by atoms with van der Waals surface area (Å²) in [6.07, 6.45) is -4.65. The highest BCUT2D eigenvalue weighted by atomic mass is 19.1. The molecule has 1 aliphatic heterocycles. The number of alkyl halides is 1. The number of nitrogens with one attached hydrogen (secondary N) is 1. The Hall–Kier alpha value is -2.40. The van der Waals surface area contributed by atoms with Crippen molar-refractivity contribution in [1.29, 1.82) is 0 Å². The van der Waals surface area contributed by atoms with Crippen molar-refractivity contribution in [2.75, 3.05) is 6.61 Å². The molecule has 5 atom stereocenters. The van der Waals surface area contributed by atoms with E-state index in [1.54, 1.807) is 0 Å². The first-order valence-electron chi connectivity index (χ1n) is 6.58. The van der Waals surface area contributed by atoms with Crippen LogP contribution in [0.3, 0.4) is 0 Å². The van der Waals surface area contributed by atoms with E-state index in [1.165, 1.54) is 0 Å². The van der Waals surface area contributed by atoms with Crippen LogP contribution < -0.4 is 16.8 Å². The Morgan fingerprint density at radius 2 is 2.13 bits per heavy atom. The normalized spacial score (nSPS) is 26.3. The summed E-state index contributed by atoms with van der Waals surface area (Å²) in [5, 5.41) is 29.7. The number of hydrogen-bond acceptors (Lipinski definition) is 6. The summed E-state index contributed by atoms with van der Waals surface area (Å²) in [6, 6.07) is -2.31. The summed E-state index contributed by atoms with van der Waals surface area (Å²) in [5.74, 6) is -3.13. The van der Waals surface area contributed by atoms with E-state index in [0.29, 0.717) is 0 Å². The van der Waals surface area contributed by atoms with Gasteiger partial charge in [0.15, 0.2) is 18.2 Å². The molecule has 1 rings (SSSR count). The summed E-state index contributed by atoms with van der Waals surface area (Å²) in [5.41, 5.74) is 10.5. The summed E-state index contributed by atoms with van der Waals surface area (Å²) in [4.78, 5) is 26.2. The highest BCUT2D eigenvalue weighted by molar-refractivity contribution is 5.85. The number of hydrogen-bond donors (Lipinski definition) is 6. The number of aliphatic imine (C=N–C) groups is 1. The zero-order chi connectivity index (χ0) is 17.7. The van der Waals surface area contributed by atoms with Crippen LogP contribution in [0.5, 0.6) is 0 Å². The molecule has 11 heteroatoms. The number of nitrogens with two attached hydrogens (primary N) is 2. The number of carboxylic acids is 1. The molecular weight excluding hydrogens is 315 g/mol. The molecule has 0 saturated carbocycles. The van der Waals surface area contributed by atoms with Crippen LogP contribution in [0.4, 0.5) is 4.39 Å². The van der Waals surface area contributed by atoms with E-state index in [4.69, 9.17) is 26.4 Å². The number of guanidine groups is 1. The van der Waals surface area contributed by atoms with Gasteiger partial charge in [-0.2, -0.15) is 0 Å². The maximum Gasteiger partial charge on any atom is 0.370 e. The number of halogens is 1. The predicted octanol–water partition coefficient (Wildman–Crippen LogP) is -2.81. The van der Waals surface area contributed by atoms with Crippen molar-refractivity contribution in [3.8, 4) is 0 Å². The highest BCUT2D eigenvalue weighted by Crippen LogP contribution is 2.26. The van der Waals surface area contributed by atoms with E-state index < -0.39 is 60.7 Å². The van der Waals surface area contributed by atoms with Crippen LogP contribution in [-0.2, 0) is 14.3 Å². The van der Waals surface area contributed by atoms with E-state index >= 15 is 0 Å². The Morgan fingerprint density at radius 3 is 2.57 bits per heavy atom. The highest BCUT2D eigenvalue weighted by Gasteiger charge is 2.44. The van der Waals surface area contributed by atoms with Gasteiger partial charge >= 0.3 is 5.97 Å². The SMILES string of the molecule is CC(=O)N[C@H]1[C@H]([C@H](F)[C@@H](O)CO)OC(C(=O)O)=C[C@@H]1N=C(N)N. The van der Waals surface area contributed by atoms with E-state index in [-0.39, 0.29) is 0 Å². The van der Waals surface area contributed by atoms with Gasteiger partial charge in [-0.3, -0.25) is 4.79 Å². The second-order valence-corrected chi connectivity index (χ2v) is 4.88. The molecule has 0 aliphatic carbocycles. The van der Waals surface area contributed by atoms with Crippen molar-refractivity contribution in [3.05, 3.63) is 11.8 Å². The van der Waals surface area contributed by atoms with Crippen LogP contribution >= 0.6 is 0 Å². The molecule has 1 heterocycles. The number of carboxylic acid groups (broad SMARTS) is 1. The maximum atomic E-state index is 14.3. The third-order valence-electron chi connectivity index (χ3n) is 3.05. The molecular formula is C12H19FN4O6. The molecule has 0 fully saturated rings. The molecule has 23 heavy (non-hydrogen) atoms. The van der Waals surface area contributed by atoms with Crippen LogP contribution in [0.15, 0.2) is 16.8 Å². The van der Waals surface area contributed by atoms with Crippen molar-refractivity contribution >= 4 is 17.8 Å². The Labute approximate surface area is 130 Å². The number of aliphatic hydroxyl groups is 2. The lowest BCUT2D eigenvalue weighted by molar-refractivity contribution is -0.142. The molecule has 0 aromatic rings. The molecule has 0 unspecified atom stereocenters. The van der Waals surface area contributed by atoms with Crippen LogP contribution in [0.2, 0.25) is 0 Å². The minimum Gasteiger partial charge on any atom is -0.478 e. The molecule has 1 aliphatic rings. The first-order valence-corrected chi connectivity index (χ1v) is 6.58. The van der Waals surface area contributed by atoms with Crippen molar-refractivity contribution in [3.63, 3.8) is 0 Å². The summed E-state index contributed by atoms with van der Waals surface area (Å²) >= 11 is 0. The minimum absolute atomic E-state index is 0.412. The van der Waals surface area contributed by atoms with Crippen LogP contribution in [-0.4, -0.2) is 70.2 Å². The molecule has 0 bridgehead atoms. The fraction of sp³-hybridized carbons (Fsp3) is 0.583. The predicted molar refractivity (Wildman–Crippen MR) is 75.8 cm³/mol. The summed E-state index contributed by atoms with van der Waals surface area (Å²) in [6.45, 7) is 0.225. The lowest BCUT2D eigenvalue weighted by Gasteiger charge is -2.37. The Kier molecular flexibility index (Phi) is 6.28.